The summed E-state index contributed by atoms with van der Waals surface area (Å²) in [5.74, 6) is 7.41. The third-order valence-electron chi connectivity index (χ3n) is 11.1. The number of rotatable bonds is 4. The van der Waals surface area contributed by atoms with Gasteiger partial charge in [0, 0.05) is 28.5 Å². The van der Waals surface area contributed by atoms with Gasteiger partial charge in [-0.2, -0.15) is 0 Å². The predicted molar refractivity (Wildman–Crippen MR) is 167 cm³/mol. The minimum Gasteiger partial charge on any atom is -0.497 e. The maximum atomic E-state index is 5.67. The quantitative estimate of drug-likeness (QED) is 0.250. The second-order valence-electron chi connectivity index (χ2n) is 12.9. The summed E-state index contributed by atoms with van der Waals surface area (Å²) in [6.07, 6.45) is 22.6. The standard InChI is InChI=1S/C36H34BN3O/c1-41-29-10-11-31-30-7-2-3-8-32(30)40(33(31)23-29)35-22-26(12-14-38-35)36(27-18-24-17-25(20-27)21-28(36)19-24)34-9-6-16-39-15-5-4-13-37(34)39/h2-16,22-25,27-28H,17-21H2,1H3. The molecule has 2 aromatic heterocycles. The summed E-state index contributed by atoms with van der Waals surface area (Å²) in [4.78, 5) is 7.47. The molecule has 0 atom stereocenters. The van der Waals surface area contributed by atoms with Crippen molar-refractivity contribution in [2.75, 3.05) is 7.11 Å². The number of benzene rings is 2. The summed E-state index contributed by atoms with van der Waals surface area (Å²) in [7, 11) is 1.74. The fraction of sp³-hybridized carbons (Fsp3) is 0.306. The third kappa shape index (κ3) is 3.26. The third-order valence-corrected chi connectivity index (χ3v) is 11.1. The van der Waals surface area contributed by atoms with Crippen LogP contribution in [0.1, 0.15) is 37.7 Å². The van der Waals surface area contributed by atoms with E-state index in [1.165, 1.54) is 54.0 Å². The zero-order valence-corrected chi connectivity index (χ0v) is 23.5. The topological polar surface area (TPSA) is 30.3 Å². The fourth-order valence-electron chi connectivity index (χ4n) is 9.80. The van der Waals surface area contributed by atoms with Gasteiger partial charge in [0.2, 0.25) is 0 Å². The van der Waals surface area contributed by atoms with Gasteiger partial charge in [-0.05, 0) is 116 Å². The normalized spacial score (nSPS) is 29.4. The number of fused-ring (bicyclic) bond motifs is 4. The van der Waals surface area contributed by atoms with E-state index in [-0.39, 0.29) is 12.3 Å². The van der Waals surface area contributed by atoms with E-state index in [4.69, 9.17) is 9.72 Å². The van der Waals surface area contributed by atoms with Gasteiger partial charge in [-0.1, -0.05) is 41.8 Å². The van der Waals surface area contributed by atoms with Gasteiger partial charge in [0.15, 0.2) is 0 Å². The van der Waals surface area contributed by atoms with E-state index in [9.17, 15) is 0 Å². The molecule has 0 amide bonds. The van der Waals surface area contributed by atoms with Crippen molar-refractivity contribution >= 4 is 28.7 Å². The predicted octanol–water partition coefficient (Wildman–Crippen LogP) is 7.79. The first kappa shape index (κ1) is 23.7. The minimum atomic E-state index is 0.0186. The highest BCUT2D eigenvalue weighted by Gasteiger charge is 2.61. The van der Waals surface area contributed by atoms with Gasteiger partial charge < -0.3 is 9.55 Å². The molecule has 4 aromatic rings. The van der Waals surface area contributed by atoms with Crippen LogP contribution in [-0.2, 0) is 5.41 Å². The van der Waals surface area contributed by atoms with Gasteiger partial charge in [0.1, 0.15) is 11.6 Å². The molecule has 202 valence electrons. The van der Waals surface area contributed by atoms with E-state index in [1.54, 1.807) is 12.6 Å². The number of nitrogens with zero attached hydrogens (tertiary/aromatic N) is 3. The van der Waals surface area contributed by atoms with Crippen LogP contribution in [-0.4, -0.2) is 28.3 Å². The molecular formula is C36H34BN3O. The van der Waals surface area contributed by atoms with Crippen molar-refractivity contribution in [3.05, 3.63) is 115 Å². The van der Waals surface area contributed by atoms with Crippen molar-refractivity contribution in [2.24, 2.45) is 23.7 Å². The monoisotopic (exact) mass is 535 g/mol. The lowest BCUT2D eigenvalue weighted by Gasteiger charge is -2.63. The van der Waals surface area contributed by atoms with E-state index in [2.05, 4.69) is 113 Å². The zero-order chi connectivity index (χ0) is 27.1. The fourth-order valence-corrected chi connectivity index (χ4v) is 9.80. The van der Waals surface area contributed by atoms with E-state index >= 15 is 0 Å². The number of hydrogen-bond acceptors (Lipinski definition) is 3. The number of pyridine rings is 1. The van der Waals surface area contributed by atoms with Crippen molar-refractivity contribution in [3.63, 3.8) is 0 Å². The molecule has 4 bridgehead atoms. The minimum absolute atomic E-state index is 0.0186. The van der Waals surface area contributed by atoms with Gasteiger partial charge in [-0.15, -0.1) is 0 Å². The van der Waals surface area contributed by atoms with Crippen LogP contribution in [0.15, 0.2) is 109 Å². The Morgan fingerprint density at radius 2 is 1.61 bits per heavy atom. The Bertz CT molecular complexity index is 1800. The van der Waals surface area contributed by atoms with Crippen LogP contribution in [0.5, 0.6) is 5.75 Å². The summed E-state index contributed by atoms with van der Waals surface area (Å²) in [6.45, 7) is 0.275. The Hall–Kier alpha value is -3.99. The van der Waals surface area contributed by atoms with Gasteiger partial charge in [0.25, 0.3) is 0 Å². The van der Waals surface area contributed by atoms with Crippen LogP contribution in [0.25, 0.3) is 27.6 Å². The van der Waals surface area contributed by atoms with Crippen molar-refractivity contribution in [1.29, 1.82) is 0 Å². The van der Waals surface area contributed by atoms with E-state index in [0.29, 0.717) is 11.8 Å². The molecule has 0 N–H and O–H groups in total. The summed E-state index contributed by atoms with van der Waals surface area (Å²) in [5.41, 5.74) is 5.38. The lowest BCUT2D eigenvalue weighted by Crippen LogP contribution is -2.60. The van der Waals surface area contributed by atoms with Crippen LogP contribution in [0.3, 0.4) is 0 Å². The molecule has 41 heavy (non-hydrogen) atoms. The first-order valence-electron chi connectivity index (χ1n) is 15.3. The molecule has 10 rings (SSSR count). The van der Waals surface area contributed by atoms with Crippen LogP contribution in [0.4, 0.5) is 0 Å². The number of para-hydroxylation sites is 1. The number of aromatic nitrogens is 2. The molecule has 4 saturated carbocycles. The highest BCUT2D eigenvalue weighted by atomic mass is 16.5. The molecule has 2 aliphatic heterocycles. The largest absolute Gasteiger partial charge is 0.497 e. The Kier molecular flexibility index (Phi) is 5.06. The van der Waals surface area contributed by atoms with E-state index in [0.717, 1.165) is 28.9 Å². The van der Waals surface area contributed by atoms with Crippen molar-refractivity contribution in [1.82, 2.24) is 14.4 Å². The number of allylic oxidation sites excluding steroid dienone is 5. The Morgan fingerprint density at radius 3 is 2.44 bits per heavy atom. The highest BCUT2D eigenvalue weighted by Crippen LogP contribution is 2.66. The smallest absolute Gasteiger partial charge is 0.316 e. The van der Waals surface area contributed by atoms with Crippen LogP contribution in [0.2, 0.25) is 0 Å². The van der Waals surface area contributed by atoms with Crippen LogP contribution in [0, 0.1) is 23.7 Å². The molecule has 4 fully saturated rings. The van der Waals surface area contributed by atoms with Crippen LogP contribution < -0.4 is 4.74 Å². The molecule has 0 radical (unpaired) electrons. The molecule has 6 aliphatic rings. The lowest BCUT2D eigenvalue weighted by molar-refractivity contribution is -0.0411. The Labute approximate surface area is 241 Å². The Balaban J connectivity index is 1.29. The molecular weight excluding hydrogens is 501 g/mol. The maximum absolute atomic E-state index is 5.67. The molecule has 0 spiro atoms. The van der Waals surface area contributed by atoms with E-state index in [1.807, 2.05) is 0 Å². The SMILES string of the molecule is COc1ccc2c3ccccc3n(-c3cc(C4(C5=CC=CN6C=CC=CB56)C5CC6CC(C5)CC4C6)ccn3)c2c1. The average Bonchev–Trinajstić information content (AvgIpc) is 3.34. The first-order chi connectivity index (χ1) is 20.2. The number of ether oxygens (including phenoxy) is 1. The molecule has 2 aromatic carbocycles. The number of methoxy groups -OCH3 is 1. The second-order valence-corrected chi connectivity index (χ2v) is 12.9. The molecule has 5 heteroatoms. The highest BCUT2D eigenvalue weighted by molar-refractivity contribution is 6.70. The van der Waals surface area contributed by atoms with Crippen molar-refractivity contribution in [2.45, 2.75) is 37.5 Å². The number of hydrogen-bond donors (Lipinski definition) is 0. The first-order valence-corrected chi connectivity index (χ1v) is 15.3. The molecule has 4 aliphatic carbocycles. The van der Waals surface area contributed by atoms with Crippen molar-refractivity contribution in [3.8, 4) is 11.6 Å². The van der Waals surface area contributed by atoms with E-state index < -0.39 is 0 Å². The molecule has 0 unspecified atom stereocenters. The molecule has 0 saturated heterocycles. The summed E-state index contributed by atoms with van der Waals surface area (Å²) in [6, 6.07) is 19.9. The van der Waals surface area contributed by atoms with Gasteiger partial charge in [-0.3, -0.25) is 4.57 Å². The maximum Gasteiger partial charge on any atom is 0.316 e. The van der Waals surface area contributed by atoms with Gasteiger partial charge in [-0.25, -0.2) is 4.98 Å². The summed E-state index contributed by atoms with van der Waals surface area (Å²) in [5, 5.41) is 2.48. The average molecular weight is 536 g/mol. The second kappa shape index (κ2) is 8.76. The van der Waals surface area contributed by atoms with Gasteiger partial charge in [0.05, 0.1) is 18.1 Å². The Morgan fingerprint density at radius 1 is 0.829 bits per heavy atom. The zero-order valence-electron chi connectivity index (χ0n) is 23.5. The van der Waals surface area contributed by atoms with Gasteiger partial charge >= 0.3 is 6.85 Å². The van der Waals surface area contributed by atoms with Crippen molar-refractivity contribution < 1.29 is 4.74 Å². The van der Waals surface area contributed by atoms with Crippen LogP contribution >= 0.6 is 0 Å². The molecule has 4 nitrogen and oxygen atoms in total. The molecule has 4 heterocycles. The summed E-state index contributed by atoms with van der Waals surface area (Å²) >= 11 is 0. The lowest BCUT2D eigenvalue weighted by atomic mass is 9.33. The summed E-state index contributed by atoms with van der Waals surface area (Å²) < 4.78 is 8.03.